The summed E-state index contributed by atoms with van der Waals surface area (Å²) in [5.74, 6) is 2.38. The molecule has 1 N–H and O–H groups in total. The maximum Gasteiger partial charge on any atom is 0.265 e. The minimum absolute atomic E-state index is 0.150. The number of nitrogens with one attached hydrogen (secondary N) is 1. The molecule has 0 bridgehead atoms. The predicted octanol–water partition coefficient (Wildman–Crippen LogP) is 4.22. The van der Waals surface area contributed by atoms with E-state index in [4.69, 9.17) is 18.6 Å². The average Bonchev–Trinajstić information content (AvgIpc) is 3.40. The van der Waals surface area contributed by atoms with Gasteiger partial charge in [-0.2, -0.15) is 13.5 Å². The fourth-order valence-electron chi connectivity index (χ4n) is 4.18. The van der Waals surface area contributed by atoms with Gasteiger partial charge in [-0.05, 0) is 49.9 Å². The van der Waals surface area contributed by atoms with E-state index in [9.17, 15) is 8.42 Å². The Balaban J connectivity index is 1.46. The van der Waals surface area contributed by atoms with Gasteiger partial charge in [0.05, 0.1) is 49.6 Å². The summed E-state index contributed by atoms with van der Waals surface area (Å²) in [6.45, 7) is 2.39. The van der Waals surface area contributed by atoms with Crippen LogP contribution in [-0.4, -0.2) is 80.0 Å². The zero-order valence-corrected chi connectivity index (χ0v) is 25.4. The molecule has 41 heavy (non-hydrogen) atoms. The standard InChI is InChI=1S/C28H36N6O5S2/c1-33-19-21(17-31-33)28-18-30-26-8-7-22(15-27(26)32-28)34(23-13-24(37-2)16-25(14-23)38-3)11-5-9-29-10-6-12-40-20-39-41(4,35)36/h7-8,13-19,29H,5-6,9-12,20H2,1-4H3. The average molecular weight is 601 g/mol. The highest BCUT2D eigenvalue weighted by Crippen LogP contribution is 2.34. The van der Waals surface area contributed by atoms with Gasteiger partial charge >= 0.3 is 0 Å². The Bertz CT molecular complexity index is 1520. The molecule has 0 fully saturated rings. The summed E-state index contributed by atoms with van der Waals surface area (Å²) in [7, 11) is 1.78. The van der Waals surface area contributed by atoms with Crippen LogP contribution in [0.1, 0.15) is 12.8 Å². The number of aryl methyl sites for hydroxylation is 1. The van der Waals surface area contributed by atoms with Crippen molar-refractivity contribution in [2.24, 2.45) is 7.05 Å². The lowest BCUT2D eigenvalue weighted by Crippen LogP contribution is -2.24. The third-order valence-corrected chi connectivity index (χ3v) is 7.77. The lowest BCUT2D eigenvalue weighted by molar-refractivity contribution is 0.386. The SMILES string of the molecule is COc1cc(OC)cc(N(CCCNCCCSCOS(C)(=O)=O)c2ccc3ncc(-c4cnn(C)c4)nc3c2)c1. The molecule has 2 heterocycles. The van der Waals surface area contributed by atoms with Crippen LogP contribution < -0.4 is 19.7 Å². The Kier molecular flexibility index (Phi) is 10.8. The van der Waals surface area contributed by atoms with Crippen LogP contribution in [0.2, 0.25) is 0 Å². The van der Waals surface area contributed by atoms with Crippen LogP contribution in [-0.2, 0) is 21.3 Å². The Labute approximate surface area is 245 Å². The molecule has 13 heteroatoms. The summed E-state index contributed by atoms with van der Waals surface area (Å²) in [5, 5.41) is 7.73. The Morgan fingerprint density at radius 1 is 0.976 bits per heavy atom. The van der Waals surface area contributed by atoms with Crippen molar-refractivity contribution in [3.63, 3.8) is 0 Å². The number of benzene rings is 2. The number of fused-ring (bicyclic) bond motifs is 1. The van der Waals surface area contributed by atoms with Crippen molar-refractivity contribution in [3.05, 3.63) is 55.0 Å². The maximum atomic E-state index is 11.0. The second-order valence-electron chi connectivity index (χ2n) is 9.36. The number of anilines is 2. The molecule has 0 saturated heterocycles. The number of thioether (sulfide) groups is 1. The van der Waals surface area contributed by atoms with Crippen molar-refractivity contribution in [2.45, 2.75) is 12.8 Å². The van der Waals surface area contributed by atoms with E-state index in [0.29, 0.717) is 11.5 Å². The first kappa shape index (κ1) is 30.6. The van der Waals surface area contributed by atoms with Crippen LogP contribution in [0.4, 0.5) is 11.4 Å². The van der Waals surface area contributed by atoms with E-state index in [1.54, 1.807) is 31.3 Å². The molecule has 0 atom stereocenters. The van der Waals surface area contributed by atoms with Crippen molar-refractivity contribution >= 4 is 44.3 Å². The number of hydrogen-bond acceptors (Lipinski definition) is 11. The van der Waals surface area contributed by atoms with Crippen LogP contribution in [0.25, 0.3) is 22.3 Å². The maximum absolute atomic E-state index is 11.0. The van der Waals surface area contributed by atoms with E-state index >= 15 is 0 Å². The van der Waals surface area contributed by atoms with E-state index in [0.717, 1.165) is 78.2 Å². The van der Waals surface area contributed by atoms with Crippen molar-refractivity contribution in [1.82, 2.24) is 25.1 Å². The Morgan fingerprint density at radius 2 is 1.73 bits per heavy atom. The molecule has 0 aliphatic carbocycles. The normalized spacial score (nSPS) is 11.6. The number of methoxy groups -OCH3 is 2. The van der Waals surface area contributed by atoms with Crippen LogP contribution in [0.15, 0.2) is 55.0 Å². The van der Waals surface area contributed by atoms with E-state index in [-0.39, 0.29) is 5.94 Å². The molecule has 220 valence electrons. The molecule has 0 aliphatic heterocycles. The Hall–Kier alpha value is -3.39. The quantitative estimate of drug-likeness (QED) is 0.113. The van der Waals surface area contributed by atoms with Gasteiger partial charge in [-0.25, -0.2) is 4.98 Å². The summed E-state index contributed by atoms with van der Waals surface area (Å²) in [4.78, 5) is 11.7. The highest BCUT2D eigenvalue weighted by molar-refractivity contribution is 7.99. The fourth-order valence-corrected chi connectivity index (χ4v) is 5.62. The first-order chi connectivity index (χ1) is 19.8. The summed E-state index contributed by atoms with van der Waals surface area (Å²) < 4.78 is 39.7. The van der Waals surface area contributed by atoms with Crippen molar-refractivity contribution in [3.8, 4) is 22.8 Å². The molecule has 0 unspecified atom stereocenters. The van der Waals surface area contributed by atoms with Gasteiger partial charge < -0.3 is 19.7 Å². The van der Waals surface area contributed by atoms with Crippen molar-refractivity contribution in [2.75, 3.05) is 56.7 Å². The van der Waals surface area contributed by atoms with Gasteiger partial charge in [0.15, 0.2) is 0 Å². The van der Waals surface area contributed by atoms with E-state index in [2.05, 4.69) is 32.4 Å². The molecule has 2 aromatic carbocycles. The zero-order chi connectivity index (χ0) is 29.2. The van der Waals surface area contributed by atoms with Gasteiger partial charge in [-0.1, -0.05) is 0 Å². The minimum atomic E-state index is -3.39. The van der Waals surface area contributed by atoms with Crippen LogP contribution in [0.5, 0.6) is 11.5 Å². The third kappa shape index (κ3) is 9.05. The minimum Gasteiger partial charge on any atom is -0.497 e. The largest absolute Gasteiger partial charge is 0.497 e. The summed E-state index contributed by atoms with van der Waals surface area (Å²) in [6, 6.07) is 11.9. The molecule has 4 aromatic rings. The van der Waals surface area contributed by atoms with Crippen molar-refractivity contribution < 1.29 is 22.1 Å². The molecular weight excluding hydrogens is 564 g/mol. The number of ether oxygens (including phenoxy) is 2. The zero-order valence-electron chi connectivity index (χ0n) is 23.7. The van der Waals surface area contributed by atoms with Crippen LogP contribution >= 0.6 is 11.8 Å². The molecule has 11 nitrogen and oxygen atoms in total. The number of aromatic nitrogens is 4. The predicted molar refractivity (Wildman–Crippen MR) is 164 cm³/mol. The van der Waals surface area contributed by atoms with Gasteiger partial charge in [-0.3, -0.25) is 13.8 Å². The summed E-state index contributed by atoms with van der Waals surface area (Å²) in [5.41, 5.74) is 5.20. The van der Waals surface area contributed by atoms with E-state index in [1.807, 2.05) is 37.5 Å². The fraction of sp³-hybridized carbons (Fsp3) is 0.393. The molecule has 2 aromatic heterocycles. The Morgan fingerprint density at radius 3 is 2.41 bits per heavy atom. The van der Waals surface area contributed by atoms with Gasteiger partial charge in [0, 0.05) is 54.9 Å². The van der Waals surface area contributed by atoms with E-state index in [1.165, 1.54) is 11.8 Å². The molecule has 0 saturated carbocycles. The second-order valence-corrected chi connectivity index (χ2v) is 12.1. The lowest BCUT2D eigenvalue weighted by Gasteiger charge is -2.26. The van der Waals surface area contributed by atoms with Crippen LogP contribution in [0, 0.1) is 0 Å². The van der Waals surface area contributed by atoms with Crippen LogP contribution in [0.3, 0.4) is 0 Å². The topological polar surface area (TPSA) is 121 Å². The smallest absolute Gasteiger partial charge is 0.265 e. The monoisotopic (exact) mass is 600 g/mol. The molecule has 0 radical (unpaired) electrons. The van der Waals surface area contributed by atoms with Gasteiger partial charge in [0.25, 0.3) is 10.1 Å². The first-order valence-corrected chi connectivity index (χ1v) is 16.1. The third-order valence-electron chi connectivity index (χ3n) is 6.21. The summed E-state index contributed by atoms with van der Waals surface area (Å²) >= 11 is 1.46. The first-order valence-electron chi connectivity index (χ1n) is 13.1. The molecule has 0 amide bonds. The number of hydrogen-bond donors (Lipinski definition) is 1. The molecule has 0 aliphatic rings. The van der Waals surface area contributed by atoms with Gasteiger partial charge in [0.2, 0.25) is 0 Å². The molecule has 0 spiro atoms. The van der Waals surface area contributed by atoms with Gasteiger partial charge in [0.1, 0.15) is 17.4 Å². The van der Waals surface area contributed by atoms with Gasteiger partial charge in [-0.15, -0.1) is 11.8 Å². The van der Waals surface area contributed by atoms with Crippen molar-refractivity contribution in [1.29, 1.82) is 0 Å². The second kappa shape index (κ2) is 14.5. The summed E-state index contributed by atoms with van der Waals surface area (Å²) in [6.07, 6.45) is 8.32. The molecule has 4 rings (SSSR count). The van der Waals surface area contributed by atoms with E-state index < -0.39 is 10.1 Å². The highest BCUT2D eigenvalue weighted by atomic mass is 32.2. The number of rotatable bonds is 16. The highest BCUT2D eigenvalue weighted by Gasteiger charge is 2.14. The lowest BCUT2D eigenvalue weighted by atomic mass is 10.1. The number of nitrogens with zero attached hydrogens (tertiary/aromatic N) is 5. The molecular formula is C28H36N6O5S2.